The summed E-state index contributed by atoms with van der Waals surface area (Å²) in [6.07, 6.45) is 1.07. The number of hydrogen-bond donors (Lipinski definition) is 8. The summed E-state index contributed by atoms with van der Waals surface area (Å²) >= 11 is 0. The summed E-state index contributed by atoms with van der Waals surface area (Å²) in [4.78, 5) is 92.8. The number of carboxylic acids is 2. The molecule has 51 heavy (non-hydrogen) atoms. The van der Waals surface area contributed by atoms with E-state index in [4.69, 9.17) is 31.3 Å². The van der Waals surface area contributed by atoms with Gasteiger partial charge in [-0.3, -0.25) is 43.7 Å². The second-order valence-electron chi connectivity index (χ2n) is 11.3. The number of non-ortho nitro benzene ring substituents is 1. The first-order chi connectivity index (χ1) is 23.8. The van der Waals surface area contributed by atoms with Crippen molar-refractivity contribution in [1.29, 1.82) is 0 Å². The van der Waals surface area contributed by atoms with E-state index in [9.17, 15) is 39.2 Å². The third kappa shape index (κ3) is 16.2. The minimum absolute atomic E-state index is 0.0378. The van der Waals surface area contributed by atoms with Crippen LogP contribution in [-0.4, -0.2) is 104 Å². The fourth-order valence-electron chi connectivity index (χ4n) is 4.65. The minimum Gasteiger partial charge on any atom is -0.508 e. The van der Waals surface area contributed by atoms with Gasteiger partial charge >= 0.3 is 0 Å². The number of likely N-dealkylation sites (tertiary alicyclic amines) is 1. The molecule has 1 saturated heterocycles. The van der Waals surface area contributed by atoms with Crippen LogP contribution in [0.3, 0.4) is 0 Å². The fraction of sp³-hybridized carbons (Fsp3) is 0.406. The first-order valence-corrected chi connectivity index (χ1v) is 15.4. The molecule has 1 heterocycles. The Labute approximate surface area is 292 Å². The summed E-state index contributed by atoms with van der Waals surface area (Å²) < 4.78 is 0. The lowest BCUT2D eigenvalue weighted by atomic mass is 10.0. The van der Waals surface area contributed by atoms with Gasteiger partial charge in [-0.25, -0.2) is 0 Å². The number of nitrogens with two attached hydrogens (primary N) is 2. The van der Waals surface area contributed by atoms with E-state index in [1.807, 2.05) is 0 Å². The third-order valence-electron chi connectivity index (χ3n) is 6.99. The predicted molar refractivity (Wildman–Crippen MR) is 180 cm³/mol. The van der Waals surface area contributed by atoms with Gasteiger partial charge in [-0.05, 0) is 49.4 Å². The van der Waals surface area contributed by atoms with Gasteiger partial charge in [0, 0.05) is 38.9 Å². The highest BCUT2D eigenvalue weighted by Gasteiger charge is 2.37. The number of aliphatic carboxylic acids is 2. The van der Waals surface area contributed by atoms with Crippen molar-refractivity contribution in [3.63, 3.8) is 0 Å². The normalized spacial score (nSPS) is 14.8. The van der Waals surface area contributed by atoms with Crippen molar-refractivity contribution in [3.8, 4) is 5.75 Å². The average molecular weight is 718 g/mol. The quantitative estimate of drug-likeness (QED) is 0.0928. The molecule has 0 spiro atoms. The largest absolute Gasteiger partial charge is 0.508 e. The molecular formula is C32H43N7O12. The standard InChI is InChI=1S/C28H35N7O8.2C2H4O2/c1-16(32-27(40)21(29)13-17-6-10-20(36)11-7-17)26(39)31-15-24(37)33-22(14-18-4-8-19(9-5-18)35(42)43)28(41)34-12-2-3-23(34)25(30)38;2*1-2(3)4/h4-11,16,21-23,36H,2-3,12-15,29H2,1H3,(H2,30,38)(H,31,39)(H,32,40)(H,33,37);2*1H3,(H,3,4)/t16-,21+,22+,23+;;/m1../s1. The van der Waals surface area contributed by atoms with E-state index in [2.05, 4.69) is 16.0 Å². The van der Waals surface area contributed by atoms with E-state index in [1.54, 1.807) is 12.1 Å². The average Bonchev–Trinajstić information content (AvgIpc) is 3.54. The third-order valence-corrected chi connectivity index (χ3v) is 6.99. The number of phenols is 1. The maximum absolute atomic E-state index is 13.4. The van der Waals surface area contributed by atoms with Crippen LogP contribution < -0.4 is 27.4 Å². The highest BCUT2D eigenvalue weighted by molar-refractivity contribution is 5.94. The van der Waals surface area contributed by atoms with Crippen molar-refractivity contribution < 1.29 is 53.8 Å². The molecule has 10 N–H and O–H groups in total. The molecule has 1 aliphatic heterocycles. The van der Waals surface area contributed by atoms with E-state index in [-0.39, 0.29) is 30.8 Å². The molecule has 0 bridgehead atoms. The lowest BCUT2D eigenvalue weighted by Crippen LogP contribution is -2.55. The minimum atomic E-state index is -1.15. The molecule has 2 aromatic rings. The van der Waals surface area contributed by atoms with Crippen LogP contribution >= 0.6 is 0 Å². The van der Waals surface area contributed by atoms with Crippen LogP contribution in [0.1, 0.15) is 44.7 Å². The summed E-state index contributed by atoms with van der Waals surface area (Å²) in [5.41, 5.74) is 12.5. The number of aromatic hydroxyl groups is 1. The van der Waals surface area contributed by atoms with Crippen LogP contribution in [0.25, 0.3) is 0 Å². The molecule has 3 rings (SSSR count). The second kappa shape index (κ2) is 21.1. The SMILES string of the molecule is CC(=O)O.CC(=O)O.C[C@@H](NC(=O)[C@@H](N)Cc1ccc(O)cc1)C(=O)NCC(=O)N[C@@H](Cc1ccc([N+](=O)[O-])cc1)C(=O)N1CCC[C@H]1C(N)=O. The van der Waals surface area contributed by atoms with Gasteiger partial charge < -0.3 is 47.6 Å². The molecule has 0 aromatic heterocycles. The number of carbonyl (C=O) groups is 7. The molecule has 2 aromatic carbocycles. The molecule has 0 aliphatic carbocycles. The smallest absolute Gasteiger partial charge is 0.300 e. The summed E-state index contributed by atoms with van der Waals surface area (Å²) in [6.45, 7) is 3.32. The van der Waals surface area contributed by atoms with Gasteiger partial charge in [-0.2, -0.15) is 0 Å². The molecule has 4 atom stereocenters. The van der Waals surface area contributed by atoms with Crippen LogP contribution in [0, 0.1) is 10.1 Å². The van der Waals surface area contributed by atoms with Gasteiger partial charge in [0.2, 0.25) is 29.5 Å². The molecule has 0 radical (unpaired) electrons. The van der Waals surface area contributed by atoms with E-state index in [1.165, 1.54) is 48.2 Å². The van der Waals surface area contributed by atoms with Crippen LogP contribution in [0.15, 0.2) is 48.5 Å². The molecule has 19 heteroatoms. The van der Waals surface area contributed by atoms with Gasteiger partial charge in [0.05, 0.1) is 17.5 Å². The van der Waals surface area contributed by atoms with Gasteiger partial charge in [0.1, 0.15) is 23.9 Å². The summed E-state index contributed by atoms with van der Waals surface area (Å²) in [7, 11) is 0. The number of nitrogens with one attached hydrogen (secondary N) is 3. The number of amides is 5. The lowest BCUT2D eigenvalue weighted by Gasteiger charge is -2.28. The number of nitro benzene ring substituents is 1. The van der Waals surface area contributed by atoms with E-state index >= 15 is 0 Å². The molecule has 5 amide bonds. The van der Waals surface area contributed by atoms with Crippen molar-refractivity contribution in [3.05, 3.63) is 69.8 Å². The van der Waals surface area contributed by atoms with Crippen LogP contribution in [-0.2, 0) is 46.4 Å². The van der Waals surface area contributed by atoms with Gasteiger partial charge in [0.15, 0.2) is 0 Å². The summed E-state index contributed by atoms with van der Waals surface area (Å²) in [5, 5.41) is 42.6. The van der Waals surface area contributed by atoms with Crippen LogP contribution in [0.5, 0.6) is 5.75 Å². The number of phenolic OH excluding ortho intramolecular Hbond substituents is 1. The highest BCUT2D eigenvalue weighted by Crippen LogP contribution is 2.20. The number of primary amides is 1. The Kier molecular flexibility index (Phi) is 17.7. The van der Waals surface area contributed by atoms with Crippen molar-refractivity contribution in [2.24, 2.45) is 11.5 Å². The zero-order valence-electron chi connectivity index (χ0n) is 28.2. The zero-order chi connectivity index (χ0) is 38.8. The molecule has 1 aliphatic rings. The van der Waals surface area contributed by atoms with Crippen molar-refractivity contribution in [1.82, 2.24) is 20.9 Å². The molecule has 19 nitrogen and oxygen atoms in total. The van der Waals surface area contributed by atoms with E-state index < -0.39 is 77.1 Å². The van der Waals surface area contributed by atoms with Gasteiger partial charge in [-0.15, -0.1) is 0 Å². The Morgan fingerprint density at radius 1 is 0.902 bits per heavy atom. The molecule has 0 unspecified atom stereocenters. The Morgan fingerprint density at radius 3 is 1.92 bits per heavy atom. The Bertz CT molecular complexity index is 1530. The molecule has 278 valence electrons. The number of rotatable bonds is 13. The number of carbonyl (C=O) groups excluding carboxylic acids is 5. The fourth-order valence-corrected chi connectivity index (χ4v) is 4.65. The molecule has 1 fully saturated rings. The second-order valence-corrected chi connectivity index (χ2v) is 11.3. The van der Waals surface area contributed by atoms with Gasteiger partial charge in [0.25, 0.3) is 17.6 Å². The van der Waals surface area contributed by atoms with Crippen molar-refractivity contribution >= 4 is 47.2 Å². The van der Waals surface area contributed by atoms with Crippen LogP contribution in [0.4, 0.5) is 5.69 Å². The van der Waals surface area contributed by atoms with Gasteiger partial charge in [-0.1, -0.05) is 24.3 Å². The number of nitrogens with zero attached hydrogens (tertiary/aromatic N) is 2. The Balaban J connectivity index is 0.00000147. The van der Waals surface area contributed by atoms with E-state index in [0.29, 0.717) is 24.0 Å². The maximum Gasteiger partial charge on any atom is 0.300 e. The molecule has 0 saturated carbocycles. The zero-order valence-corrected chi connectivity index (χ0v) is 28.2. The lowest BCUT2D eigenvalue weighted by molar-refractivity contribution is -0.384. The monoisotopic (exact) mass is 717 g/mol. The first-order valence-electron chi connectivity index (χ1n) is 15.4. The number of carboxylic acid groups (broad SMARTS) is 2. The van der Waals surface area contributed by atoms with Crippen molar-refractivity contribution in [2.45, 2.75) is 70.6 Å². The Hall–Kier alpha value is -6.11. The Morgan fingerprint density at radius 2 is 1.41 bits per heavy atom. The predicted octanol–water partition coefficient (Wildman–Crippen LogP) is -0.823. The number of nitro groups is 1. The maximum atomic E-state index is 13.4. The number of hydrogen-bond acceptors (Lipinski definition) is 11. The van der Waals surface area contributed by atoms with Crippen molar-refractivity contribution in [2.75, 3.05) is 13.1 Å². The summed E-state index contributed by atoms with van der Waals surface area (Å²) in [6, 6.07) is 7.64. The van der Waals surface area contributed by atoms with Crippen LogP contribution in [0.2, 0.25) is 0 Å². The summed E-state index contributed by atoms with van der Waals surface area (Å²) in [5.74, 6) is -4.80. The highest BCUT2D eigenvalue weighted by atomic mass is 16.6. The topological polar surface area (TPSA) is 315 Å². The number of benzene rings is 2. The first kappa shape index (κ1) is 42.9. The molecular weight excluding hydrogens is 674 g/mol. The van der Waals surface area contributed by atoms with E-state index in [0.717, 1.165) is 13.8 Å².